The van der Waals surface area contributed by atoms with Gasteiger partial charge in [0.05, 0.1) is 10.0 Å². The van der Waals surface area contributed by atoms with Gasteiger partial charge in [0.1, 0.15) is 0 Å². The van der Waals surface area contributed by atoms with Crippen molar-refractivity contribution in [2.75, 3.05) is 0 Å². The molecule has 0 aromatic heterocycles. The van der Waals surface area contributed by atoms with Gasteiger partial charge in [-0.3, -0.25) is 0 Å². The van der Waals surface area contributed by atoms with Gasteiger partial charge in [0, 0.05) is 5.56 Å². The first kappa shape index (κ1) is 17.3. The number of rotatable bonds is 2. The molecule has 2 heteroatoms. The molecule has 0 amide bonds. The summed E-state index contributed by atoms with van der Waals surface area (Å²) in [6, 6.07) is 8.40. The number of benzene rings is 2. The van der Waals surface area contributed by atoms with Gasteiger partial charge < -0.3 is 0 Å². The Morgan fingerprint density at radius 2 is 1.46 bits per heavy atom. The first-order chi connectivity index (χ1) is 11.3. The van der Waals surface area contributed by atoms with Crippen molar-refractivity contribution in [2.24, 2.45) is 0 Å². The predicted molar refractivity (Wildman–Crippen MR) is 107 cm³/mol. The van der Waals surface area contributed by atoms with Crippen LogP contribution in [0.3, 0.4) is 0 Å². The molecule has 24 heavy (non-hydrogen) atoms. The van der Waals surface area contributed by atoms with E-state index in [-0.39, 0.29) is 0 Å². The second kappa shape index (κ2) is 6.43. The summed E-state index contributed by atoms with van der Waals surface area (Å²) in [6.07, 6.45) is 3.17. The van der Waals surface area contributed by atoms with Crippen LogP contribution in [0.15, 0.2) is 41.5 Å². The van der Waals surface area contributed by atoms with Crippen LogP contribution in [-0.4, -0.2) is 0 Å². The van der Waals surface area contributed by atoms with E-state index in [0.29, 0.717) is 10.0 Å². The normalized spacial score (nSPS) is 14.4. The van der Waals surface area contributed by atoms with Crippen LogP contribution in [0.25, 0.3) is 16.7 Å². The van der Waals surface area contributed by atoms with Gasteiger partial charge in [0.2, 0.25) is 0 Å². The first-order valence-corrected chi connectivity index (χ1v) is 9.01. The Labute approximate surface area is 154 Å². The fourth-order valence-electron chi connectivity index (χ4n) is 3.41. The summed E-state index contributed by atoms with van der Waals surface area (Å²) in [5.41, 5.74) is 11.3. The van der Waals surface area contributed by atoms with Crippen molar-refractivity contribution < 1.29 is 0 Å². The van der Waals surface area contributed by atoms with Gasteiger partial charge in [-0.05, 0) is 86.1 Å². The molecule has 0 N–H and O–H groups in total. The molecular weight excluding hydrogens is 335 g/mol. The molecule has 2 aromatic rings. The summed E-state index contributed by atoms with van der Waals surface area (Å²) in [5.74, 6) is 0. The monoisotopic (exact) mass is 356 g/mol. The van der Waals surface area contributed by atoms with E-state index >= 15 is 0 Å². The summed E-state index contributed by atoms with van der Waals surface area (Å²) in [6.45, 7) is 10.8. The molecule has 0 saturated carbocycles. The number of hydrogen-bond donors (Lipinski definition) is 0. The molecule has 0 radical (unpaired) electrons. The van der Waals surface area contributed by atoms with Crippen molar-refractivity contribution in [2.45, 2.75) is 41.0 Å². The van der Waals surface area contributed by atoms with Crippen molar-refractivity contribution >= 4 is 28.8 Å². The minimum Gasteiger partial charge on any atom is -0.0827 e. The Kier molecular flexibility index (Phi) is 4.64. The molecule has 0 saturated heterocycles. The Balaban J connectivity index is 2.32. The third-order valence-electron chi connectivity index (χ3n) is 5.40. The third-order valence-corrected chi connectivity index (χ3v) is 6.21. The zero-order valence-corrected chi connectivity index (χ0v) is 16.4. The number of hydrogen-bond acceptors (Lipinski definition) is 0. The summed E-state index contributed by atoms with van der Waals surface area (Å²) < 4.78 is 0. The quantitative estimate of drug-likeness (QED) is 0.516. The average Bonchev–Trinajstić information content (AvgIpc) is 2.88. The summed E-state index contributed by atoms with van der Waals surface area (Å²) in [7, 11) is 0. The van der Waals surface area contributed by atoms with Gasteiger partial charge >= 0.3 is 0 Å². The fourth-order valence-corrected chi connectivity index (χ4v) is 3.84. The smallest absolute Gasteiger partial charge is 0.0673 e. The molecule has 1 aliphatic rings. The van der Waals surface area contributed by atoms with Gasteiger partial charge in [-0.1, -0.05) is 53.1 Å². The molecule has 0 atom stereocenters. The second-order valence-corrected chi connectivity index (χ2v) is 7.44. The van der Waals surface area contributed by atoms with Gasteiger partial charge in [0.15, 0.2) is 0 Å². The van der Waals surface area contributed by atoms with E-state index in [2.05, 4.69) is 58.9 Å². The minimum absolute atomic E-state index is 0.613. The molecule has 1 aliphatic carbocycles. The number of halogens is 2. The average molecular weight is 357 g/mol. The molecule has 0 bridgehead atoms. The predicted octanol–water partition coefficient (Wildman–Crippen LogP) is 7.71. The van der Waals surface area contributed by atoms with Crippen LogP contribution in [0.1, 0.15) is 42.5 Å². The van der Waals surface area contributed by atoms with E-state index in [9.17, 15) is 0 Å². The highest BCUT2D eigenvalue weighted by molar-refractivity contribution is 6.43. The van der Waals surface area contributed by atoms with Crippen LogP contribution < -0.4 is 0 Å². The Morgan fingerprint density at radius 3 is 2.08 bits per heavy atom. The summed E-state index contributed by atoms with van der Waals surface area (Å²) in [4.78, 5) is 0. The lowest BCUT2D eigenvalue weighted by Crippen LogP contribution is -1.97. The second-order valence-electron chi connectivity index (χ2n) is 6.66. The van der Waals surface area contributed by atoms with Gasteiger partial charge in [-0.25, -0.2) is 0 Å². The standard InChI is InChI=1S/C22H22Cl2/c1-12-6-8-17(16(5)14(12)3)19-10-11-20(23)22(24)21(19)18-9-7-13(2)15(18)4/h6-8,10-11H,9H2,1-5H3. The lowest BCUT2D eigenvalue weighted by Gasteiger charge is -2.19. The Hall–Kier alpha value is -1.50. The molecule has 2 aromatic carbocycles. The highest BCUT2D eigenvalue weighted by atomic mass is 35.5. The van der Waals surface area contributed by atoms with Crippen LogP contribution in [0.2, 0.25) is 10.0 Å². The lowest BCUT2D eigenvalue weighted by atomic mass is 9.88. The SMILES string of the molecule is CC1=CCC(c2c(-c3ccc(C)c(C)c3C)ccc(Cl)c2Cl)=C1C. The Morgan fingerprint density at radius 1 is 0.792 bits per heavy atom. The van der Waals surface area contributed by atoms with Crippen molar-refractivity contribution in [1.29, 1.82) is 0 Å². The van der Waals surface area contributed by atoms with E-state index in [4.69, 9.17) is 23.2 Å². The van der Waals surface area contributed by atoms with Crippen LogP contribution in [0.5, 0.6) is 0 Å². The zero-order valence-electron chi connectivity index (χ0n) is 14.8. The van der Waals surface area contributed by atoms with Gasteiger partial charge in [-0.2, -0.15) is 0 Å². The van der Waals surface area contributed by atoms with Crippen LogP contribution in [-0.2, 0) is 0 Å². The topological polar surface area (TPSA) is 0 Å². The highest BCUT2D eigenvalue weighted by Gasteiger charge is 2.22. The van der Waals surface area contributed by atoms with Crippen molar-refractivity contribution in [1.82, 2.24) is 0 Å². The van der Waals surface area contributed by atoms with E-state index in [0.717, 1.165) is 12.0 Å². The molecule has 0 spiro atoms. The maximum absolute atomic E-state index is 6.68. The maximum atomic E-state index is 6.68. The molecular formula is C22H22Cl2. The van der Waals surface area contributed by atoms with E-state index in [1.54, 1.807) is 0 Å². The van der Waals surface area contributed by atoms with Crippen LogP contribution in [0, 0.1) is 20.8 Å². The zero-order chi connectivity index (χ0) is 17.6. The molecule has 0 nitrogen and oxygen atoms in total. The van der Waals surface area contributed by atoms with Crippen molar-refractivity contribution in [3.8, 4) is 11.1 Å². The summed E-state index contributed by atoms with van der Waals surface area (Å²) in [5, 5.41) is 1.27. The fraction of sp³-hybridized carbons (Fsp3) is 0.273. The molecule has 124 valence electrons. The van der Waals surface area contributed by atoms with Crippen molar-refractivity contribution in [3.05, 3.63) is 73.8 Å². The Bertz CT molecular complexity index is 899. The third kappa shape index (κ3) is 2.72. The highest BCUT2D eigenvalue weighted by Crippen LogP contribution is 2.45. The maximum Gasteiger partial charge on any atom is 0.0673 e. The van der Waals surface area contributed by atoms with E-state index in [1.165, 1.54) is 44.5 Å². The number of allylic oxidation sites excluding steroid dienone is 4. The molecule has 0 unspecified atom stereocenters. The molecule has 0 fully saturated rings. The molecule has 3 rings (SSSR count). The largest absolute Gasteiger partial charge is 0.0827 e. The first-order valence-electron chi connectivity index (χ1n) is 8.25. The van der Waals surface area contributed by atoms with Gasteiger partial charge in [0.25, 0.3) is 0 Å². The molecule has 0 heterocycles. The van der Waals surface area contributed by atoms with E-state index in [1.807, 2.05) is 6.07 Å². The van der Waals surface area contributed by atoms with E-state index < -0.39 is 0 Å². The molecule has 0 aliphatic heterocycles. The number of aryl methyl sites for hydroxylation is 1. The lowest BCUT2D eigenvalue weighted by molar-refractivity contribution is 1.26. The van der Waals surface area contributed by atoms with Crippen molar-refractivity contribution in [3.63, 3.8) is 0 Å². The van der Waals surface area contributed by atoms with Crippen LogP contribution in [0.4, 0.5) is 0 Å². The van der Waals surface area contributed by atoms with Gasteiger partial charge in [-0.15, -0.1) is 0 Å². The van der Waals surface area contributed by atoms with Crippen LogP contribution >= 0.6 is 23.2 Å². The minimum atomic E-state index is 0.613. The summed E-state index contributed by atoms with van der Waals surface area (Å²) >= 11 is 13.0.